The molecule has 4 rings (SSSR count). The van der Waals surface area contributed by atoms with Crippen molar-refractivity contribution in [1.29, 1.82) is 0 Å². The van der Waals surface area contributed by atoms with E-state index >= 15 is 0 Å². The number of benzene rings is 2. The molecule has 0 saturated carbocycles. The Morgan fingerprint density at radius 3 is 2.69 bits per heavy atom. The zero-order valence-electron chi connectivity index (χ0n) is 17.3. The van der Waals surface area contributed by atoms with Gasteiger partial charge in [-0.3, -0.25) is 4.79 Å². The molecule has 2 aliphatic rings. The van der Waals surface area contributed by atoms with Crippen LogP contribution >= 0.6 is 35.4 Å². The van der Waals surface area contributed by atoms with Gasteiger partial charge in [-0.15, -0.1) is 0 Å². The molecule has 32 heavy (non-hydrogen) atoms. The average molecular weight is 493 g/mol. The number of hydrogen-bond donors (Lipinski definition) is 2. The minimum absolute atomic E-state index is 0.236. The molecule has 10 heteroatoms. The number of nitrogens with one attached hydrogen (secondary N) is 2. The molecule has 2 N–H and O–H groups in total. The van der Waals surface area contributed by atoms with Crippen LogP contribution in [0.4, 0.5) is 5.69 Å². The number of thiocarbonyl (C=S) groups is 1. The number of carbonyl (C=O) groups excluding carboxylic acids is 1. The summed E-state index contributed by atoms with van der Waals surface area (Å²) in [5.74, 6) is -0.262. The SMILES string of the molecule is CN1C(=O)C(NC(=S)NCCC2OCCO2)N=C(c2ccccc2Cl)c2cc(Cl)ccc21. The smallest absolute Gasteiger partial charge is 0.272 e. The van der Waals surface area contributed by atoms with Crippen LogP contribution in [0.3, 0.4) is 0 Å². The van der Waals surface area contributed by atoms with Crippen molar-refractivity contribution in [2.24, 2.45) is 4.99 Å². The summed E-state index contributed by atoms with van der Waals surface area (Å²) in [6.07, 6.45) is -0.547. The van der Waals surface area contributed by atoms with E-state index in [-0.39, 0.29) is 12.2 Å². The first kappa shape index (κ1) is 22.9. The first-order chi connectivity index (χ1) is 15.4. The van der Waals surface area contributed by atoms with Crippen LogP contribution < -0.4 is 15.5 Å². The van der Waals surface area contributed by atoms with Gasteiger partial charge in [0, 0.05) is 41.2 Å². The molecule has 2 heterocycles. The van der Waals surface area contributed by atoms with E-state index in [9.17, 15) is 4.79 Å². The highest BCUT2D eigenvalue weighted by atomic mass is 35.5. The van der Waals surface area contributed by atoms with Crippen molar-refractivity contribution in [3.8, 4) is 0 Å². The number of fused-ring (bicyclic) bond motifs is 1. The molecule has 2 aromatic carbocycles. The normalized spacial score (nSPS) is 18.7. The van der Waals surface area contributed by atoms with Crippen molar-refractivity contribution in [1.82, 2.24) is 10.6 Å². The van der Waals surface area contributed by atoms with Gasteiger partial charge in [0.1, 0.15) is 0 Å². The molecule has 2 aliphatic heterocycles. The number of benzodiazepines with no additional fused rings is 1. The second kappa shape index (κ2) is 10.1. The molecular weight excluding hydrogens is 471 g/mol. The Morgan fingerprint density at radius 1 is 1.19 bits per heavy atom. The zero-order chi connectivity index (χ0) is 22.7. The molecule has 0 radical (unpaired) electrons. The van der Waals surface area contributed by atoms with Gasteiger partial charge in [0.2, 0.25) is 6.17 Å². The number of aliphatic imine (C=N–C) groups is 1. The van der Waals surface area contributed by atoms with E-state index in [1.165, 1.54) is 0 Å². The van der Waals surface area contributed by atoms with Crippen LogP contribution in [0.15, 0.2) is 47.5 Å². The Kier molecular flexibility index (Phi) is 7.27. The third kappa shape index (κ3) is 5.05. The molecule has 7 nitrogen and oxygen atoms in total. The second-order valence-corrected chi connectivity index (χ2v) is 8.53. The molecule has 0 spiro atoms. The fourth-order valence-electron chi connectivity index (χ4n) is 3.56. The average Bonchev–Trinajstić information content (AvgIpc) is 3.27. The van der Waals surface area contributed by atoms with Crippen LogP contribution in [0, 0.1) is 0 Å². The predicted molar refractivity (Wildman–Crippen MR) is 130 cm³/mol. The molecule has 1 saturated heterocycles. The van der Waals surface area contributed by atoms with Crippen molar-refractivity contribution in [2.75, 3.05) is 31.7 Å². The largest absolute Gasteiger partial charge is 0.362 e. The minimum atomic E-state index is -0.948. The molecule has 1 fully saturated rings. The molecule has 168 valence electrons. The standard InChI is InChI=1S/C22H22Cl2N4O3S/c1-28-17-7-6-13(23)12-15(17)19(14-4-2-3-5-16(14)24)26-20(21(28)29)27-22(32)25-9-8-18-30-10-11-31-18/h2-7,12,18,20H,8-11H2,1H3,(H2,25,27,32). The number of carbonyl (C=O) groups is 1. The molecule has 1 amide bonds. The summed E-state index contributed by atoms with van der Waals surface area (Å²) in [7, 11) is 1.69. The minimum Gasteiger partial charge on any atom is -0.362 e. The van der Waals surface area contributed by atoms with E-state index in [1.807, 2.05) is 18.2 Å². The second-order valence-electron chi connectivity index (χ2n) is 7.28. The topological polar surface area (TPSA) is 75.2 Å². The monoisotopic (exact) mass is 492 g/mol. The zero-order valence-corrected chi connectivity index (χ0v) is 19.6. The van der Waals surface area contributed by atoms with Gasteiger partial charge >= 0.3 is 0 Å². The van der Waals surface area contributed by atoms with E-state index in [4.69, 9.17) is 49.9 Å². The van der Waals surface area contributed by atoms with Crippen molar-refractivity contribution >= 4 is 57.8 Å². The van der Waals surface area contributed by atoms with Crippen LogP contribution in [0.1, 0.15) is 17.5 Å². The first-order valence-corrected chi connectivity index (χ1v) is 11.3. The summed E-state index contributed by atoms with van der Waals surface area (Å²) in [5.41, 5.74) is 2.64. The summed E-state index contributed by atoms with van der Waals surface area (Å²) in [5, 5.41) is 7.46. The number of amides is 1. The molecule has 0 aliphatic carbocycles. The van der Waals surface area contributed by atoms with Crippen molar-refractivity contribution < 1.29 is 14.3 Å². The van der Waals surface area contributed by atoms with Crippen LogP contribution in [-0.4, -0.2) is 56.0 Å². The predicted octanol–water partition coefficient (Wildman–Crippen LogP) is 3.36. The van der Waals surface area contributed by atoms with Crippen LogP contribution in [0.25, 0.3) is 0 Å². The maximum absolute atomic E-state index is 13.2. The van der Waals surface area contributed by atoms with Gasteiger partial charge in [-0.05, 0) is 36.5 Å². The lowest BCUT2D eigenvalue weighted by atomic mass is 10.00. The van der Waals surface area contributed by atoms with Gasteiger partial charge in [0.25, 0.3) is 5.91 Å². The molecule has 1 unspecified atom stereocenters. The molecule has 0 bridgehead atoms. The summed E-state index contributed by atoms with van der Waals surface area (Å²) >= 11 is 18.2. The molecule has 1 atom stereocenters. The van der Waals surface area contributed by atoms with Crippen molar-refractivity contribution in [2.45, 2.75) is 18.9 Å². The number of hydrogen-bond acceptors (Lipinski definition) is 5. The maximum Gasteiger partial charge on any atom is 0.272 e. The van der Waals surface area contributed by atoms with Gasteiger partial charge in [0.05, 0.1) is 24.6 Å². The van der Waals surface area contributed by atoms with E-state index in [1.54, 1.807) is 36.2 Å². The quantitative estimate of drug-likeness (QED) is 0.623. The Hall–Kier alpha value is -2.23. The molecule has 2 aromatic rings. The lowest BCUT2D eigenvalue weighted by molar-refractivity contribution is -0.119. The highest BCUT2D eigenvalue weighted by molar-refractivity contribution is 7.80. The van der Waals surface area contributed by atoms with Crippen LogP contribution in [0.2, 0.25) is 10.0 Å². The number of likely N-dealkylation sites (N-methyl/N-ethyl adjacent to an activating group) is 1. The van der Waals surface area contributed by atoms with Gasteiger partial charge in [-0.2, -0.15) is 0 Å². The van der Waals surface area contributed by atoms with Crippen molar-refractivity contribution in [3.63, 3.8) is 0 Å². The highest BCUT2D eigenvalue weighted by Gasteiger charge is 2.31. The van der Waals surface area contributed by atoms with Crippen molar-refractivity contribution in [3.05, 3.63) is 63.6 Å². The number of halogens is 2. The van der Waals surface area contributed by atoms with Gasteiger partial charge in [0.15, 0.2) is 11.4 Å². The lowest BCUT2D eigenvalue weighted by Gasteiger charge is -2.22. The first-order valence-electron chi connectivity index (χ1n) is 10.1. The van der Waals surface area contributed by atoms with E-state index in [0.29, 0.717) is 63.9 Å². The third-order valence-electron chi connectivity index (χ3n) is 5.15. The summed E-state index contributed by atoms with van der Waals surface area (Å²) in [4.78, 5) is 19.5. The number of ether oxygens (including phenoxy) is 2. The fraction of sp³-hybridized carbons (Fsp3) is 0.318. The fourth-order valence-corrected chi connectivity index (χ4v) is 4.17. The van der Waals surface area contributed by atoms with Crippen LogP contribution in [-0.2, 0) is 14.3 Å². The summed E-state index contributed by atoms with van der Waals surface area (Å²) in [6.45, 7) is 1.73. The third-order valence-corrected chi connectivity index (χ3v) is 5.98. The number of rotatable bonds is 5. The molecular formula is C22H22Cl2N4O3S. The Bertz CT molecular complexity index is 1060. The number of anilines is 1. The Balaban J connectivity index is 1.61. The molecule has 0 aromatic heterocycles. The Morgan fingerprint density at radius 2 is 1.94 bits per heavy atom. The van der Waals surface area contributed by atoms with Gasteiger partial charge in [-0.25, -0.2) is 4.99 Å². The van der Waals surface area contributed by atoms with Gasteiger partial charge < -0.3 is 25.0 Å². The van der Waals surface area contributed by atoms with E-state index < -0.39 is 6.17 Å². The van der Waals surface area contributed by atoms with Crippen LogP contribution in [0.5, 0.6) is 0 Å². The number of nitrogens with zero attached hydrogens (tertiary/aromatic N) is 2. The lowest BCUT2D eigenvalue weighted by Crippen LogP contribution is -2.49. The summed E-state index contributed by atoms with van der Waals surface area (Å²) in [6, 6.07) is 12.7. The Labute approximate surface area is 201 Å². The highest BCUT2D eigenvalue weighted by Crippen LogP contribution is 2.31. The maximum atomic E-state index is 13.2. The van der Waals surface area contributed by atoms with E-state index in [0.717, 1.165) is 0 Å². The summed E-state index contributed by atoms with van der Waals surface area (Å²) < 4.78 is 10.8. The van der Waals surface area contributed by atoms with E-state index in [2.05, 4.69) is 10.6 Å². The van der Waals surface area contributed by atoms with Gasteiger partial charge in [-0.1, -0.05) is 41.4 Å².